The van der Waals surface area contributed by atoms with E-state index in [-0.39, 0.29) is 12.2 Å². The van der Waals surface area contributed by atoms with Crippen molar-refractivity contribution in [2.75, 3.05) is 0 Å². The Morgan fingerprint density at radius 2 is 2.00 bits per heavy atom. The molecule has 12 heavy (non-hydrogen) atoms. The van der Waals surface area contributed by atoms with E-state index in [0.717, 1.165) is 18.8 Å². The van der Waals surface area contributed by atoms with E-state index in [1.54, 1.807) is 0 Å². The Morgan fingerprint density at radius 3 is 2.50 bits per heavy atom. The third-order valence-corrected chi connectivity index (χ3v) is 2.57. The molecule has 1 aliphatic rings. The maximum absolute atomic E-state index is 10.9. The fourth-order valence-electron chi connectivity index (χ4n) is 1.69. The van der Waals surface area contributed by atoms with Gasteiger partial charge >= 0.3 is 0 Å². The summed E-state index contributed by atoms with van der Waals surface area (Å²) in [6, 6.07) is 0.386. The molecule has 1 rings (SSSR count). The van der Waals surface area contributed by atoms with Crippen LogP contribution in [-0.4, -0.2) is 19.8 Å². The van der Waals surface area contributed by atoms with E-state index in [9.17, 15) is 4.79 Å². The quantitative estimate of drug-likeness (QED) is 0.613. The highest BCUT2D eigenvalue weighted by Gasteiger charge is 2.18. The zero-order chi connectivity index (χ0) is 8.97. The number of carbonyl (C=O) groups is 1. The van der Waals surface area contributed by atoms with Crippen molar-refractivity contribution in [1.29, 1.82) is 0 Å². The number of carbonyl (C=O) groups excluding carboxylic acids is 1. The smallest absolute Gasteiger partial charge is 0.211 e. The van der Waals surface area contributed by atoms with Gasteiger partial charge in [-0.3, -0.25) is 4.79 Å². The molecule has 0 aliphatic heterocycles. The Morgan fingerprint density at radius 1 is 1.42 bits per heavy atom. The average molecular weight is 165 g/mol. The Kier molecular flexibility index (Phi) is 3.64. The largest absolute Gasteiger partial charge is 0.354 e. The summed E-state index contributed by atoms with van der Waals surface area (Å²) in [7, 11) is 5.20. The monoisotopic (exact) mass is 165 g/mol. The topological polar surface area (TPSA) is 29.1 Å². The molecule has 0 heterocycles. The minimum atomic E-state index is -0.0189. The molecule has 2 radical (unpaired) electrons. The molecule has 0 atom stereocenters. The van der Waals surface area contributed by atoms with Gasteiger partial charge in [0.15, 0.2) is 0 Å². The van der Waals surface area contributed by atoms with Gasteiger partial charge < -0.3 is 5.32 Å². The molecule has 0 unspecified atom stereocenters. The Balaban J connectivity index is 2.21. The van der Waals surface area contributed by atoms with Crippen molar-refractivity contribution in [3.8, 4) is 0 Å². The van der Waals surface area contributed by atoms with Gasteiger partial charge in [0.05, 0.1) is 7.85 Å². The van der Waals surface area contributed by atoms with Gasteiger partial charge in [-0.05, 0) is 37.9 Å². The molecule has 0 aromatic rings. The van der Waals surface area contributed by atoms with Crippen LogP contribution in [0.25, 0.3) is 0 Å². The van der Waals surface area contributed by atoms with Gasteiger partial charge in [-0.25, -0.2) is 0 Å². The molecule has 1 amide bonds. The van der Waals surface area contributed by atoms with E-state index >= 15 is 0 Å². The summed E-state index contributed by atoms with van der Waals surface area (Å²) in [5.41, 5.74) is 0. The molecule has 1 saturated carbocycles. The van der Waals surface area contributed by atoms with Gasteiger partial charge in [0, 0.05) is 6.04 Å². The number of hydrogen-bond acceptors (Lipinski definition) is 1. The lowest BCUT2D eigenvalue weighted by atomic mass is 9.87. The first-order valence-corrected chi connectivity index (χ1v) is 4.71. The summed E-state index contributed by atoms with van der Waals surface area (Å²) in [6.07, 6.45) is 4.82. The zero-order valence-corrected chi connectivity index (χ0v) is 7.68. The molecule has 0 spiro atoms. The van der Waals surface area contributed by atoms with Gasteiger partial charge in [-0.2, -0.15) is 0 Å². The first-order chi connectivity index (χ1) is 5.72. The Labute approximate surface area is 75.5 Å². The molecule has 1 fully saturated rings. The van der Waals surface area contributed by atoms with E-state index in [0.29, 0.717) is 6.04 Å². The minimum Gasteiger partial charge on any atom is -0.354 e. The second-order valence-corrected chi connectivity index (χ2v) is 3.73. The third-order valence-electron chi connectivity index (χ3n) is 2.57. The van der Waals surface area contributed by atoms with E-state index in [1.165, 1.54) is 12.8 Å². The standard InChI is InChI=1S/C9H16BNO/c1-7-2-4-8(5-3-7)11-9(12)6-10/h7-8H,2-6H2,1H3,(H,11,12). The minimum absolute atomic E-state index is 0.0189. The van der Waals surface area contributed by atoms with Crippen molar-refractivity contribution in [3.05, 3.63) is 0 Å². The summed E-state index contributed by atoms with van der Waals surface area (Å²) < 4.78 is 0. The predicted octanol–water partition coefficient (Wildman–Crippen LogP) is 1.27. The molecule has 0 aromatic carbocycles. The summed E-state index contributed by atoms with van der Waals surface area (Å²) in [6.45, 7) is 2.26. The van der Waals surface area contributed by atoms with Crippen molar-refractivity contribution in [2.45, 2.75) is 45.0 Å². The van der Waals surface area contributed by atoms with Gasteiger partial charge in [0.2, 0.25) is 5.91 Å². The fourth-order valence-corrected chi connectivity index (χ4v) is 1.69. The van der Waals surface area contributed by atoms with E-state index < -0.39 is 0 Å². The van der Waals surface area contributed by atoms with Gasteiger partial charge in [-0.1, -0.05) is 6.92 Å². The van der Waals surface area contributed by atoms with E-state index in [1.807, 2.05) is 0 Å². The van der Waals surface area contributed by atoms with Crippen LogP contribution in [0.1, 0.15) is 32.6 Å². The molecule has 0 aromatic heterocycles. The summed E-state index contributed by atoms with van der Waals surface area (Å²) in [5, 5.41) is 2.93. The maximum atomic E-state index is 10.9. The second kappa shape index (κ2) is 4.53. The van der Waals surface area contributed by atoms with Gasteiger partial charge in [-0.15, -0.1) is 0 Å². The van der Waals surface area contributed by atoms with Crippen LogP contribution < -0.4 is 5.32 Å². The fraction of sp³-hybridized carbons (Fsp3) is 0.889. The predicted molar refractivity (Wildman–Crippen MR) is 50.1 cm³/mol. The Hall–Kier alpha value is -0.465. The van der Waals surface area contributed by atoms with Crippen molar-refractivity contribution >= 4 is 13.8 Å². The lowest BCUT2D eigenvalue weighted by Crippen LogP contribution is -2.36. The van der Waals surface area contributed by atoms with Crippen molar-refractivity contribution in [1.82, 2.24) is 5.32 Å². The van der Waals surface area contributed by atoms with Crippen LogP contribution in [0.4, 0.5) is 0 Å². The first-order valence-electron chi connectivity index (χ1n) is 4.71. The third kappa shape index (κ3) is 2.88. The summed E-state index contributed by atoms with van der Waals surface area (Å²) >= 11 is 0. The summed E-state index contributed by atoms with van der Waals surface area (Å²) in [5.74, 6) is 0.811. The molecule has 1 aliphatic carbocycles. The summed E-state index contributed by atoms with van der Waals surface area (Å²) in [4.78, 5) is 10.9. The Bertz CT molecular complexity index is 153. The molecular formula is C9H16BNO. The molecule has 1 N–H and O–H groups in total. The number of amides is 1. The number of nitrogens with one attached hydrogen (secondary N) is 1. The van der Waals surface area contributed by atoms with Crippen molar-refractivity contribution in [2.24, 2.45) is 5.92 Å². The molecular weight excluding hydrogens is 149 g/mol. The first kappa shape index (κ1) is 9.62. The second-order valence-electron chi connectivity index (χ2n) is 3.73. The van der Waals surface area contributed by atoms with Crippen LogP contribution in [0, 0.1) is 5.92 Å². The average Bonchev–Trinajstić information content (AvgIpc) is 2.09. The molecule has 0 saturated heterocycles. The molecule has 2 nitrogen and oxygen atoms in total. The van der Waals surface area contributed by atoms with E-state index in [4.69, 9.17) is 7.85 Å². The highest BCUT2D eigenvalue weighted by molar-refractivity contribution is 6.19. The number of hydrogen-bond donors (Lipinski definition) is 1. The van der Waals surface area contributed by atoms with Crippen LogP contribution in [0.5, 0.6) is 0 Å². The van der Waals surface area contributed by atoms with Crippen LogP contribution in [-0.2, 0) is 4.79 Å². The lowest BCUT2D eigenvalue weighted by molar-refractivity contribution is -0.119. The maximum Gasteiger partial charge on any atom is 0.211 e. The zero-order valence-electron chi connectivity index (χ0n) is 7.68. The lowest BCUT2D eigenvalue weighted by Gasteiger charge is -2.26. The van der Waals surface area contributed by atoms with Crippen LogP contribution >= 0.6 is 0 Å². The highest BCUT2D eigenvalue weighted by Crippen LogP contribution is 2.23. The molecule has 66 valence electrons. The van der Waals surface area contributed by atoms with Gasteiger partial charge in [0.25, 0.3) is 0 Å². The van der Waals surface area contributed by atoms with Crippen molar-refractivity contribution in [3.63, 3.8) is 0 Å². The van der Waals surface area contributed by atoms with Crippen LogP contribution in [0.3, 0.4) is 0 Å². The van der Waals surface area contributed by atoms with E-state index in [2.05, 4.69) is 12.2 Å². The van der Waals surface area contributed by atoms with Crippen LogP contribution in [0.15, 0.2) is 0 Å². The molecule has 3 heteroatoms. The number of rotatable bonds is 2. The highest BCUT2D eigenvalue weighted by atomic mass is 16.1. The van der Waals surface area contributed by atoms with Crippen LogP contribution in [0.2, 0.25) is 6.32 Å². The van der Waals surface area contributed by atoms with Gasteiger partial charge in [0.1, 0.15) is 0 Å². The SMILES string of the molecule is [B]CC(=O)NC1CCC(C)CC1. The van der Waals surface area contributed by atoms with Crippen molar-refractivity contribution < 1.29 is 4.79 Å². The molecule has 0 bridgehead atoms. The normalized spacial score (nSPS) is 29.8.